The Morgan fingerprint density at radius 2 is 1.79 bits per heavy atom. The number of hydrogen-bond acceptors (Lipinski definition) is 3. The number of fused-ring (bicyclic) bond motifs is 3. The summed E-state index contributed by atoms with van der Waals surface area (Å²) in [5.74, 6) is 2.02. The predicted octanol–water partition coefficient (Wildman–Crippen LogP) is 4.12. The third-order valence-corrected chi connectivity index (χ3v) is 5.53. The van der Waals surface area contributed by atoms with E-state index in [1.54, 1.807) is 14.2 Å². The van der Waals surface area contributed by atoms with Crippen molar-refractivity contribution in [2.75, 3.05) is 19.1 Å². The molecule has 4 rings (SSSR count). The van der Waals surface area contributed by atoms with Crippen LogP contribution in [0, 0.1) is 5.92 Å². The molecule has 2 aromatic rings. The molecule has 0 aromatic heterocycles. The van der Waals surface area contributed by atoms with Crippen LogP contribution in [0.1, 0.15) is 23.6 Å². The number of rotatable bonds is 3. The largest absolute Gasteiger partial charge is 0.493 e. The summed E-state index contributed by atoms with van der Waals surface area (Å²) in [6.07, 6.45) is 1.42. The lowest BCUT2D eigenvalue weighted by Crippen LogP contribution is -2.27. The molecule has 2 atom stereocenters. The minimum Gasteiger partial charge on any atom is -0.493 e. The summed E-state index contributed by atoms with van der Waals surface area (Å²) in [5.41, 5.74) is 3.28. The molecular weight excluding hydrogens is 370 g/mol. The summed E-state index contributed by atoms with van der Waals surface area (Å²) in [6, 6.07) is 12.0. The van der Waals surface area contributed by atoms with Crippen molar-refractivity contribution in [3.8, 4) is 11.5 Å². The molecule has 0 radical (unpaired) electrons. The lowest BCUT2D eigenvalue weighted by Gasteiger charge is -2.26. The average molecular weight is 388 g/mol. The third kappa shape index (κ3) is 2.22. The second-order valence-electron chi connectivity index (χ2n) is 6.22. The Bertz CT molecular complexity index is 803. The van der Waals surface area contributed by atoms with Gasteiger partial charge < -0.3 is 14.4 Å². The first kappa shape index (κ1) is 15.5. The summed E-state index contributed by atoms with van der Waals surface area (Å²) >= 11 is 3.45. The van der Waals surface area contributed by atoms with Crippen molar-refractivity contribution in [2.45, 2.75) is 18.9 Å². The van der Waals surface area contributed by atoms with Crippen LogP contribution in [0.15, 0.2) is 40.9 Å². The molecule has 0 bridgehead atoms. The van der Waals surface area contributed by atoms with Gasteiger partial charge in [-0.25, -0.2) is 0 Å². The number of carbonyl (C=O) groups excluding carboxylic acids is 1. The van der Waals surface area contributed by atoms with Crippen LogP contribution < -0.4 is 14.4 Å². The highest BCUT2D eigenvalue weighted by Crippen LogP contribution is 2.52. The van der Waals surface area contributed by atoms with Crippen LogP contribution in [0.3, 0.4) is 0 Å². The zero-order chi connectivity index (χ0) is 16.8. The van der Waals surface area contributed by atoms with Crippen LogP contribution in [0.5, 0.6) is 11.5 Å². The second kappa shape index (κ2) is 5.81. The van der Waals surface area contributed by atoms with E-state index in [-0.39, 0.29) is 17.9 Å². The molecule has 5 heteroatoms. The predicted molar refractivity (Wildman–Crippen MR) is 95.7 cm³/mol. The lowest BCUT2D eigenvalue weighted by molar-refractivity contribution is -0.117. The van der Waals surface area contributed by atoms with Gasteiger partial charge in [-0.2, -0.15) is 0 Å². The van der Waals surface area contributed by atoms with Crippen molar-refractivity contribution >= 4 is 27.5 Å². The van der Waals surface area contributed by atoms with Crippen molar-refractivity contribution < 1.29 is 14.3 Å². The average Bonchev–Trinajstić information content (AvgIpc) is 3.09. The van der Waals surface area contributed by atoms with E-state index in [1.807, 2.05) is 35.2 Å². The normalized spacial score (nSPS) is 21.6. The fourth-order valence-corrected chi connectivity index (χ4v) is 4.30. The van der Waals surface area contributed by atoms with E-state index in [4.69, 9.17) is 9.47 Å². The van der Waals surface area contributed by atoms with Crippen LogP contribution >= 0.6 is 15.9 Å². The molecule has 2 aromatic carbocycles. The molecule has 1 aliphatic carbocycles. The highest BCUT2D eigenvalue weighted by Gasteiger charge is 2.47. The smallest absolute Gasteiger partial charge is 0.227 e. The van der Waals surface area contributed by atoms with E-state index in [1.165, 1.54) is 11.1 Å². The molecule has 2 unspecified atom stereocenters. The van der Waals surface area contributed by atoms with E-state index in [9.17, 15) is 4.79 Å². The molecule has 1 heterocycles. The number of anilines is 1. The first-order valence-electron chi connectivity index (χ1n) is 7.95. The fourth-order valence-electron chi connectivity index (χ4n) is 4.04. The maximum atomic E-state index is 12.6. The van der Waals surface area contributed by atoms with Crippen molar-refractivity contribution in [3.63, 3.8) is 0 Å². The van der Waals surface area contributed by atoms with Crippen LogP contribution in [-0.4, -0.2) is 20.1 Å². The molecule has 1 aliphatic heterocycles. The molecule has 4 nitrogen and oxygen atoms in total. The number of carbonyl (C=O) groups is 1. The first-order chi connectivity index (χ1) is 11.6. The standard InChI is InChI=1S/C19H18BrNO3/c1-23-16-8-7-14-15(19(16)24-2)9-11-10-17(22)21(18(11)14)13-5-3-12(20)4-6-13/h3-8,11,18H,9-10H2,1-2H3. The SMILES string of the molecule is COc1ccc2c(c1OC)CC1CC(=O)N(c3ccc(Br)cc3)C21. The van der Waals surface area contributed by atoms with Gasteiger partial charge in [-0.1, -0.05) is 22.0 Å². The van der Waals surface area contributed by atoms with Gasteiger partial charge in [-0.3, -0.25) is 4.79 Å². The zero-order valence-electron chi connectivity index (χ0n) is 13.6. The number of ether oxygens (including phenoxy) is 2. The Balaban J connectivity index is 1.80. The number of hydrogen-bond donors (Lipinski definition) is 0. The lowest BCUT2D eigenvalue weighted by atomic mass is 10.0. The zero-order valence-corrected chi connectivity index (χ0v) is 15.2. The van der Waals surface area contributed by atoms with Crippen molar-refractivity contribution in [2.24, 2.45) is 5.92 Å². The fraction of sp³-hybridized carbons (Fsp3) is 0.316. The molecule has 1 fully saturated rings. The van der Waals surface area contributed by atoms with Gasteiger partial charge in [-0.05, 0) is 48.2 Å². The van der Waals surface area contributed by atoms with E-state index < -0.39 is 0 Å². The van der Waals surface area contributed by atoms with Crippen LogP contribution in [0.25, 0.3) is 0 Å². The van der Waals surface area contributed by atoms with Crippen molar-refractivity contribution in [3.05, 3.63) is 52.0 Å². The third-order valence-electron chi connectivity index (χ3n) is 5.00. The minimum absolute atomic E-state index is 0.0773. The summed E-state index contributed by atoms with van der Waals surface area (Å²) < 4.78 is 12.0. The van der Waals surface area contributed by atoms with Crippen molar-refractivity contribution in [1.82, 2.24) is 0 Å². The molecule has 1 amide bonds. The number of nitrogens with zero attached hydrogens (tertiary/aromatic N) is 1. The Morgan fingerprint density at radius 1 is 1.04 bits per heavy atom. The maximum Gasteiger partial charge on any atom is 0.227 e. The summed E-state index contributed by atoms with van der Waals surface area (Å²) in [6.45, 7) is 0. The molecule has 124 valence electrons. The number of benzene rings is 2. The van der Waals surface area contributed by atoms with E-state index in [0.29, 0.717) is 6.42 Å². The highest BCUT2D eigenvalue weighted by molar-refractivity contribution is 9.10. The monoisotopic (exact) mass is 387 g/mol. The molecule has 24 heavy (non-hydrogen) atoms. The number of halogens is 1. The quantitative estimate of drug-likeness (QED) is 0.794. The Morgan fingerprint density at radius 3 is 2.46 bits per heavy atom. The van der Waals surface area contributed by atoms with Gasteiger partial charge in [0.25, 0.3) is 0 Å². The molecule has 0 saturated carbocycles. The van der Waals surface area contributed by atoms with Crippen LogP contribution in [0.4, 0.5) is 5.69 Å². The van der Waals surface area contributed by atoms with Gasteiger partial charge in [0.15, 0.2) is 11.5 Å². The molecule has 2 aliphatic rings. The van der Waals surface area contributed by atoms with Crippen LogP contribution in [0.2, 0.25) is 0 Å². The van der Waals surface area contributed by atoms with Gasteiger partial charge in [-0.15, -0.1) is 0 Å². The molecular formula is C19H18BrNO3. The summed E-state index contributed by atoms with van der Waals surface area (Å²) in [4.78, 5) is 14.6. The minimum atomic E-state index is 0.0773. The van der Waals surface area contributed by atoms with Crippen LogP contribution in [-0.2, 0) is 11.2 Å². The van der Waals surface area contributed by atoms with Gasteiger partial charge in [0.2, 0.25) is 5.91 Å². The highest BCUT2D eigenvalue weighted by atomic mass is 79.9. The van der Waals surface area contributed by atoms with Gasteiger partial charge in [0, 0.05) is 22.1 Å². The first-order valence-corrected chi connectivity index (χ1v) is 8.74. The second-order valence-corrected chi connectivity index (χ2v) is 7.14. The van der Waals surface area contributed by atoms with Gasteiger partial charge in [0.1, 0.15) is 0 Å². The summed E-state index contributed by atoms with van der Waals surface area (Å²) in [5, 5.41) is 0. The Labute approximate surface area is 149 Å². The molecule has 0 spiro atoms. The molecule has 0 N–H and O–H groups in total. The van der Waals surface area contributed by atoms with E-state index in [0.717, 1.165) is 28.1 Å². The number of amides is 1. The summed E-state index contributed by atoms with van der Waals surface area (Å²) in [7, 11) is 3.32. The van der Waals surface area contributed by atoms with E-state index in [2.05, 4.69) is 22.0 Å². The Hall–Kier alpha value is -2.01. The van der Waals surface area contributed by atoms with Gasteiger partial charge >= 0.3 is 0 Å². The Kier molecular flexibility index (Phi) is 3.76. The number of methoxy groups -OCH3 is 2. The topological polar surface area (TPSA) is 38.8 Å². The molecule has 1 saturated heterocycles. The van der Waals surface area contributed by atoms with Gasteiger partial charge in [0.05, 0.1) is 20.3 Å². The van der Waals surface area contributed by atoms with E-state index >= 15 is 0 Å². The maximum absolute atomic E-state index is 12.6. The van der Waals surface area contributed by atoms with Crippen molar-refractivity contribution in [1.29, 1.82) is 0 Å².